The summed E-state index contributed by atoms with van der Waals surface area (Å²) in [6.45, 7) is 0. The molecule has 4 aromatic heterocycles. The van der Waals surface area contributed by atoms with Crippen LogP contribution in [0.15, 0.2) is 534 Å². The molecule has 0 atom stereocenters. The van der Waals surface area contributed by atoms with Crippen LogP contribution in [0, 0.1) is 0 Å². The number of benzene rings is 21. The highest BCUT2D eigenvalue weighted by Gasteiger charge is 2.25. The minimum absolute atomic E-state index is 1.09. The molecule has 0 radical (unpaired) electrons. The largest absolute Gasteiger partial charge is 0.310 e. The first-order chi connectivity index (χ1) is 65.5. The highest BCUT2D eigenvalue weighted by molar-refractivity contribution is 6.15. The van der Waals surface area contributed by atoms with Crippen LogP contribution in [0.2, 0.25) is 0 Å². The van der Waals surface area contributed by atoms with E-state index in [0.717, 1.165) is 45.5 Å². The molecule has 0 amide bonds. The summed E-state index contributed by atoms with van der Waals surface area (Å²) in [5.74, 6) is 0. The molecule has 132 heavy (non-hydrogen) atoms. The third-order valence-electron chi connectivity index (χ3n) is 25.7. The first-order valence-electron chi connectivity index (χ1n) is 45.2. The van der Waals surface area contributed by atoms with Gasteiger partial charge in [-0.3, -0.25) is 0 Å². The standard InChI is InChI=1S/2C48H34N2.C30H20N2/c1-5-15-35(16-6-1)37-25-29-41(30-26-37)49(42-31-27-38(28-32-42)36-17-7-2-8-18-36)47-34-48-45(33-44(47)39-19-9-3-10-20-39)43-23-13-14-24-46(43)50(48)40-21-11-4-12-22-40;1-5-13-35(14-6-1)38-21-26-42(27-22-38)49(43-28-23-39(24-29-43)36-15-7-2-8-16-36)44-30-31-45-46-33-40(37-17-9-3-10-18-37)25-32-47(46)50(48(45)34-44)41-19-11-4-12-20-41;1-5-16-27-23(12-1)24-13-2-6-17-28(24)31(27)21-10-9-11-22(20-21)32-29-18-7-3-14-25(29)26-15-4-8-19-30(26)32/h2*1-34H;1-20H. The summed E-state index contributed by atoms with van der Waals surface area (Å²) in [4.78, 5) is 4.78. The number of hydrogen-bond acceptors (Lipinski definition) is 2. The quantitative estimate of drug-likeness (QED) is 0.0964. The number of aromatic nitrogens is 4. The molecular formula is C126H88N6. The Morgan fingerprint density at radius 2 is 0.364 bits per heavy atom. The molecule has 622 valence electrons. The second-order valence-corrected chi connectivity index (χ2v) is 33.5. The Bertz CT molecular complexity index is 7990. The van der Waals surface area contributed by atoms with Crippen LogP contribution >= 0.6 is 0 Å². The second kappa shape index (κ2) is 35.0. The Morgan fingerprint density at radius 3 is 0.727 bits per heavy atom. The van der Waals surface area contributed by atoms with Crippen LogP contribution in [-0.2, 0) is 0 Å². The van der Waals surface area contributed by atoms with Gasteiger partial charge in [0.1, 0.15) is 0 Å². The summed E-state index contributed by atoms with van der Waals surface area (Å²) in [6, 6.07) is 192. The molecule has 0 fully saturated rings. The van der Waals surface area contributed by atoms with Crippen molar-refractivity contribution in [2.75, 3.05) is 9.80 Å². The Kier molecular flexibility index (Phi) is 21.0. The Labute approximate surface area is 767 Å². The molecule has 25 rings (SSSR count). The summed E-state index contributed by atoms with van der Waals surface area (Å²) in [6.07, 6.45) is 0. The molecule has 0 spiro atoms. The van der Waals surface area contributed by atoms with Crippen LogP contribution < -0.4 is 9.80 Å². The van der Waals surface area contributed by atoms with Crippen molar-refractivity contribution >= 4 is 121 Å². The van der Waals surface area contributed by atoms with E-state index in [1.54, 1.807) is 0 Å². The number of anilines is 6. The lowest BCUT2D eigenvalue weighted by atomic mass is 9.98. The van der Waals surface area contributed by atoms with E-state index >= 15 is 0 Å². The minimum atomic E-state index is 1.09. The smallest absolute Gasteiger partial charge is 0.0562 e. The number of nitrogens with zero attached hydrogens (tertiary/aromatic N) is 6. The topological polar surface area (TPSA) is 26.2 Å². The molecule has 0 N–H and O–H groups in total. The third-order valence-corrected chi connectivity index (χ3v) is 25.7. The average Bonchev–Trinajstić information content (AvgIpc) is 1.56. The molecule has 0 unspecified atom stereocenters. The van der Waals surface area contributed by atoms with Crippen molar-refractivity contribution < 1.29 is 0 Å². The van der Waals surface area contributed by atoms with Gasteiger partial charge in [-0.05, 0) is 219 Å². The van der Waals surface area contributed by atoms with E-state index < -0.39 is 0 Å². The van der Waals surface area contributed by atoms with Crippen molar-refractivity contribution in [2.45, 2.75) is 0 Å². The van der Waals surface area contributed by atoms with Gasteiger partial charge in [0.2, 0.25) is 0 Å². The van der Waals surface area contributed by atoms with Crippen LogP contribution in [-0.4, -0.2) is 18.3 Å². The molecule has 6 heteroatoms. The van der Waals surface area contributed by atoms with Gasteiger partial charge in [0.25, 0.3) is 0 Å². The number of fused-ring (bicyclic) bond motifs is 12. The van der Waals surface area contributed by atoms with Crippen molar-refractivity contribution in [3.05, 3.63) is 534 Å². The zero-order valence-electron chi connectivity index (χ0n) is 72.5. The first-order valence-corrected chi connectivity index (χ1v) is 45.2. The maximum Gasteiger partial charge on any atom is 0.0562 e. The maximum atomic E-state index is 2.42. The fraction of sp³-hybridized carbons (Fsp3) is 0. The average molecular weight is 1690 g/mol. The molecule has 0 aliphatic carbocycles. The molecular weight excluding hydrogens is 1600 g/mol. The van der Waals surface area contributed by atoms with E-state index in [2.05, 4.69) is 562 Å². The highest BCUT2D eigenvalue weighted by atomic mass is 15.2. The number of para-hydroxylation sites is 7. The van der Waals surface area contributed by atoms with Gasteiger partial charge < -0.3 is 28.1 Å². The fourth-order valence-corrected chi connectivity index (χ4v) is 19.5. The van der Waals surface area contributed by atoms with Gasteiger partial charge in [0.05, 0.1) is 49.8 Å². The van der Waals surface area contributed by atoms with E-state index in [0.29, 0.717) is 0 Å². The predicted octanol–water partition coefficient (Wildman–Crippen LogP) is 34.4. The maximum absolute atomic E-state index is 2.42. The third kappa shape index (κ3) is 15.0. The summed E-state index contributed by atoms with van der Waals surface area (Å²) in [7, 11) is 0. The molecule has 0 aliphatic heterocycles. The predicted molar refractivity (Wildman–Crippen MR) is 559 cm³/mol. The highest BCUT2D eigenvalue weighted by Crippen LogP contribution is 2.49. The molecule has 0 saturated heterocycles. The van der Waals surface area contributed by atoms with Gasteiger partial charge in [-0.1, -0.05) is 376 Å². The number of rotatable bonds is 16. The summed E-state index contributed by atoms with van der Waals surface area (Å²) in [5.41, 5.74) is 35.2. The van der Waals surface area contributed by atoms with Crippen molar-refractivity contribution in [1.82, 2.24) is 18.3 Å². The summed E-state index contributed by atoms with van der Waals surface area (Å²) < 4.78 is 9.56. The van der Waals surface area contributed by atoms with Crippen molar-refractivity contribution in [3.63, 3.8) is 0 Å². The van der Waals surface area contributed by atoms with Crippen molar-refractivity contribution in [2.24, 2.45) is 0 Å². The molecule has 6 nitrogen and oxygen atoms in total. The van der Waals surface area contributed by atoms with Crippen molar-refractivity contribution in [3.8, 4) is 89.5 Å². The molecule has 21 aromatic carbocycles. The van der Waals surface area contributed by atoms with Crippen LogP contribution in [0.25, 0.3) is 177 Å². The molecule has 0 aliphatic rings. The number of hydrogen-bond donors (Lipinski definition) is 0. The molecule has 0 saturated carbocycles. The van der Waals surface area contributed by atoms with Gasteiger partial charge in [0.15, 0.2) is 0 Å². The molecule has 0 bridgehead atoms. The van der Waals surface area contributed by atoms with E-state index in [1.807, 2.05) is 0 Å². The Morgan fingerprint density at radius 1 is 0.121 bits per heavy atom. The van der Waals surface area contributed by atoms with Gasteiger partial charge in [-0.2, -0.15) is 0 Å². The van der Waals surface area contributed by atoms with Gasteiger partial charge in [-0.25, -0.2) is 0 Å². The van der Waals surface area contributed by atoms with E-state index in [9.17, 15) is 0 Å². The molecule has 4 heterocycles. The van der Waals surface area contributed by atoms with Crippen molar-refractivity contribution in [1.29, 1.82) is 0 Å². The lowest BCUT2D eigenvalue weighted by Gasteiger charge is -2.29. The minimum Gasteiger partial charge on any atom is -0.310 e. The Balaban J connectivity index is 0.000000115. The summed E-state index contributed by atoms with van der Waals surface area (Å²) in [5, 5.41) is 10.1. The normalized spacial score (nSPS) is 11.3. The zero-order valence-corrected chi connectivity index (χ0v) is 72.5. The lowest BCUT2D eigenvalue weighted by molar-refractivity contribution is 1.13. The van der Waals surface area contributed by atoms with Crippen LogP contribution in [0.3, 0.4) is 0 Å². The Hall–Kier alpha value is -17.6. The summed E-state index contributed by atoms with van der Waals surface area (Å²) >= 11 is 0. The van der Waals surface area contributed by atoms with Gasteiger partial charge >= 0.3 is 0 Å². The van der Waals surface area contributed by atoms with E-state index in [1.165, 1.54) is 165 Å². The first kappa shape index (κ1) is 79.1. The van der Waals surface area contributed by atoms with E-state index in [4.69, 9.17) is 0 Å². The molecule has 25 aromatic rings. The lowest BCUT2D eigenvalue weighted by Crippen LogP contribution is -2.11. The van der Waals surface area contributed by atoms with Crippen LogP contribution in [0.5, 0.6) is 0 Å². The SMILES string of the molecule is c1cc(-n2c3ccccc3c3ccccc32)cc(-n2c3ccccc3c3ccccc32)c1.c1ccc(-c2ccc(N(c3ccc(-c4ccccc4)cc3)c3cc4c(cc3-c3ccccc3)c3ccccc3n4-c3ccccc3)cc2)cc1.c1ccc(-c2ccc(N(c3ccc(-c4ccccc4)cc3)c3ccc4c5cc(-c6ccccc6)ccc5n(-c5ccccc5)c4c3)cc2)cc1. The van der Waals surface area contributed by atoms with Gasteiger partial charge in [-0.15, -0.1) is 0 Å². The van der Waals surface area contributed by atoms with Gasteiger partial charge in [0, 0.05) is 99.8 Å². The van der Waals surface area contributed by atoms with Crippen LogP contribution in [0.4, 0.5) is 34.1 Å². The van der Waals surface area contributed by atoms with E-state index in [-0.39, 0.29) is 0 Å². The fourth-order valence-electron chi connectivity index (χ4n) is 19.5. The monoisotopic (exact) mass is 1680 g/mol. The zero-order chi connectivity index (χ0) is 87.6. The second-order valence-electron chi connectivity index (χ2n) is 33.5. The van der Waals surface area contributed by atoms with Crippen LogP contribution in [0.1, 0.15) is 0 Å².